The standard InChI is InChI=1S/C15H20FNO2/c1-2-11-4-3-7-17(9-11)10-12-8-13(16)5-6-14(12)15(18)19/h5-6,8,11H,2-4,7,9-10H2,1H3,(H,18,19). The molecule has 0 spiro atoms. The van der Waals surface area contributed by atoms with E-state index in [0.29, 0.717) is 18.0 Å². The van der Waals surface area contributed by atoms with E-state index in [1.165, 1.54) is 24.6 Å². The van der Waals surface area contributed by atoms with Gasteiger partial charge < -0.3 is 5.11 Å². The van der Waals surface area contributed by atoms with Gasteiger partial charge in [0, 0.05) is 13.1 Å². The van der Waals surface area contributed by atoms with Crippen LogP contribution in [0.2, 0.25) is 0 Å². The lowest BCUT2D eigenvalue weighted by atomic mass is 9.95. The highest BCUT2D eigenvalue weighted by atomic mass is 19.1. The van der Waals surface area contributed by atoms with Crippen LogP contribution >= 0.6 is 0 Å². The summed E-state index contributed by atoms with van der Waals surface area (Å²) in [6, 6.07) is 3.91. The summed E-state index contributed by atoms with van der Waals surface area (Å²) >= 11 is 0. The smallest absolute Gasteiger partial charge is 0.336 e. The fourth-order valence-corrected chi connectivity index (χ4v) is 2.77. The highest BCUT2D eigenvalue weighted by Crippen LogP contribution is 2.22. The van der Waals surface area contributed by atoms with E-state index < -0.39 is 5.97 Å². The van der Waals surface area contributed by atoms with Gasteiger partial charge in [0.25, 0.3) is 0 Å². The number of hydrogen-bond donors (Lipinski definition) is 1. The SMILES string of the molecule is CCC1CCCN(Cc2cc(F)ccc2C(=O)O)C1. The molecule has 0 saturated carbocycles. The molecule has 1 aliphatic rings. The fourth-order valence-electron chi connectivity index (χ4n) is 2.77. The minimum Gasteiger partial charge on any atom is -0.478 e. The Labute approximate surface area is 113 Å². The maximum absolute atomic E-state index is 13.3. The molecular weight excluding hydrogens is 245 g/mol. The number of carboxylic acids is 1. The summed E-state index contributed by atoms with van der Waals surface area (Å²) in [6.45, 7) is 4.65. The molecule has 104 valence electrons. The molecule has 1 atom stereocenters. The van der Waals surface area contributed by atoms with E-state index in [2.05, 4.69) is 11.8 Å². The first-order valence-electron chi connectivity index (χ1n) is 6.84. The molecular formula is C15H20FNO2. The number of nitrogens with zero attached hydrogens (tertiary/aromatic N) is 1. The lowest BCUT2D eigenvalue weighted by Crippen LogP contribution is -2.35. The van der Waals surface area contributed by atoms with Crippen molar-refractivity contribution in [2.45, 2.75) is 32.7 Å². The first kappa shape index (κ1) is 14.0. The van der Waals surface area contributed by atoms with Crippen molar-refractivity contribution in [1.82, 2.24) is 4.90 Å². The predicted octanol–water partition coefficient (Wildman–Crippen LogP) is 3.15. The Balaban J connectivity index is 2.13. The van der Waals surface area contributed by atoms with Crippen molar-refractivity contribution in [2.24, 2.45) is 5.92 Å². The third-order valence-corrected chi connectivity index (χ3v) is 3.87. The zero-order chi connectivity index (χ0) is 13.8. The van der Waals surface area contributed by atoms with Crippen LogP contribution < -0.4 is 0 Å². The Morgan fingerprint density at radius 1 is 1.53 bits per heavy atom. The van der Waals surface area contributed by atoms with Crippen LogP contribution in [0.5, 0.6) is 0 Å². The summed E-state index contributed by atoms with van der Waals surface area (Å²) in [5.41, 5.74) is 0.782. The Hall–Kier alpha value is -1.42. The topological polar surface area (TPSA) is 40.5 Å². The van der Waals surface area contributed by atoms with Crippen molar-refractivity contribution in [3.05, 3.63) is 35.1 Å². The first-order chi connectivity index (χ1) is 9.10. The Morgan fingerprint density at radius 3 is 3.00 bits per heavy atom. The van der Waals surface area contributed by atoms with E-state index in [0.717, 1.165) is 25.9 Å². The van der Waals surface area contributed by atoms with Gasteiger partial charge in [-0.15, -0.1) is 0 Å². The molecule has 1 fully saturated rings. The molecule has 1 saturated heterocycles. The zero-order valence-electron chi connectivity index (χ0n) is 11.2. The lowest BCUT2D eigenvalue weighted by molar-refractivity contribution is 0.0693. The van der Waals surface area contributed by atoms with Crippen molar-refractivity contribution in [2.75, 3.05) is 13.1 Å². The number of piperidine rings is 1. The quantitative estimate of drug-likeness (QED) is 0.909. The first-order valence-corrected chi connectivity index (χ1v) is 6.84. The van der Waals surface area contributed by atoms with E-state index in [1.807, 2.05) is 0 Å². The minimum absolute atomic E-state index is 0.208. The van der Waals surface area contributed by atoms with Crippen LogP contribution in [-0.2, 0) is 6.54 Å². The average Bonchev–Trinajstić information content (AvgIpc) is 2.38. The molecule has 1 aromatic carbocycles. The molecule has 3 nitrogen and oxygen atoms in total. The second kappa shape index (κ2) is 6.15. The fraction of sp³-hybridized carbons (Fsp3) is 0.533. The van der Waals surface area contributed by atoms with Crippen molar-refractivity contribution >= 4 is 5.97 Å². The molecule has 2 rings (SSSR count). The average molecular weight is 265 g/mol. The number of carboxylic acid groups (broad SMARTS) is 1. The molecule has 0 radical (unpaired) electrons. The van der Waals surface area contributed by atoms with Gasteiger partial charge in [-0.05, 0) is 49.1 Å². The second-order valence-electron chi connectivity index (χ2n) is 5.26. The Kier molecular flexibility index (Phi) is 4.53. The number of carbonyl (C=O) groups is 1. The van der Waals surface area contributed by atoms with Gasteiger partial charge in [0.1, 0.15) is 5.82 Å². The van der Waals surface area contributed by atoms with Crippen molar-refractivity contribution < 1.29 is 14.3 Å². The molecule has 0 bridgehead atoms. The van der Waals surface area contributed by atoms with Crippen LogP contribution in [0.15, 0.2) is 18.2 Å². The number of halogens is 1. The monoisotopic (exact) mass is 265 g/mol. The molecule has 1 unspecified atom stereocenters. The van der Waals surface area contributed by atoms with E-state index in [-0.39, 0.29) is 11.4 Å². The van der Waals surface area contributed by atoms with Gasteiger partial charge >= 0.3 is 5.97 Å². The van der Waals surface area contributed by atoms with E-state index in [4.69, 9.17) is 5.11 Å². The van der Waals surface area contributed by atoms with Gasteiger partial charge in [0.05, 0.1) is 5.56 Å². The summed E-state index contributed by atoms with van der Waals surface area (Å²) in [4.78, 5) is 13.4. The van der Waals surface area contributed by atoms with Crippen LogP contribution in [0.1, 0.15) is 42.1 Å². The van der Waals surface area contributed by atoms with Gasteiger partial charge in [-0.1, -0.05) is 13.3 Å². The van der Waals surface area contributed by atoms with Crippen LogP contribution in [0.25, 0.3) is 0 Å². The number of aromatic carboxylic acids is 1. The van der Waals surface area contributed by atoms with Gasteiger partial charge in [-0.3, -0.25) is 4.90 Å². The van der Waals surface area contributed by atoms with Gasteiger partial charge in [-0.25, -0.2) is 9.18 Å². The predicted molar refractivity (Wildman–Crippen MR) is 71.7 cm³/mol. The molecule has 0 aliphatic carbocycles. The summed E-state index contributed by atoms with van der Waals surface area (Å²) in [5, 5.41) is 9.14. The summed E-state index contributed by atoms with van der Waals surface area (Å²) in [5.74, 6) is -0.682. The van der Waals surface area contributed by atoms with Crippen molar-refractivity contribution in [1.29, 1.82) is 0 Å². The summed E-state index contributed by atoms with van der Waals surface area (Å²) in [7, 11) is 0. The zero-order valence-corrected chi connectivity index (χ0v) is 11.2. The highest BCUT2D eigenvalue weighted by Gasteiger charge is 2.20. The summed E-state index contributed by atoms with van der Waals surface area (Å²) < 4.78 is 13.3. The normalized spacial score (nSPS) is 20.4. The maximum Gasteiger partial charge on any atom is 0.336 e. The number of hydrogen-bond acceptors (Lipinski definition) is 2. The lowest BCUT2D eigenvalue weighted by Gasteiger charge is -2.32. The third kappa shape index (κ3) is 3.53. The van der Waals surface area contributed by atoms with Crippen LogP contribution in [-0.4, -0.2) is 29.1 Å². The van der Waals surface area contributed by atoms with Gasteiger partial charge in [0.2, 0.25) is 0 Å². The van der Waals surface area contributed by atoms with E-state index >= 15 is 0 Å². The Morgan fingerprint density at radius 2 is 2.32 bits per heavy atom. The largest absolute Gasteiger partial charge is 0.478 e. The number of benzene rings is 1. The van der Waals surface area contributed by atoms with Crippen molar-refractivity contribution in [3.63, 3.8) is 0 Å². The third-order valence-electron chi connectivity index (χ3n) is 3.87. The van der Waals surface area contributed by atoms with Crippen LogP contribution in [0.3, 0.4) is 0 Å². The molecule has 4 heteroatoms. The number of likely N-dealkylation sites (tertiary alicyclic amines) is 1. The molecule has 0 amide bonds. The van der Waals surface area contributed by atoms with E-state index in [1.54, 1.807) is 0 Å². The molecule has 1 heterocycles. The molecule has 1 aliphatic heterocycles. The molecule has 1 aromatic rings. The van der Waals surface area contributed by atoms with E-state index in [9.17, 15) is 9.18 Å². The van der Waals surface area contributed by atoms with Crippen molar-refractivity contribution in [3.8, 4) is 0 Å². The summed E-state index contributed by atoms with van der Waals surface area (Å²) in [6.07, 6.45) is 3.52. The molecule has 1 N–H and O–H groups in total. The van der Waals surface area contributed by atoms with Gasteiger partial charge in [-0.2, -0.15) is 0 Å². The second-order valence-corrected chi connectivity index (χ2v) is 5.26. The molecule has 19 heavy (non-hydrogen) atoms. The Bertz CT molecular complexity index is 461. The highest BCUT2D eigenvalue weighted by molar-refractivity contribution is 5.89. The van der Waals surface area contributed by atoms with Crippen LogP contribution in [0.4, 0.5) is 4.39 Å². The maximum atomic E-state index is 13.3. The van der Waals surface area contributed by atoms with Crippen LogP contribution in [0, 0.1) is 11.7 Å². The van der Waals surface area contributed by atoms with Gasteiger partial charge in [0.15, 0.2) is 0 Å². The minimum atomic E-state index is -0.987. The number of rotatable bonds is 4. The molecule has 0 aromatic heterocycles.